The first-order valence-corrected chi connectivity index (χ1v) is 7.26. The first kappa shape index (κ1) is 13.2. The van der Waals surface area contributed by atoms with Gasteiger partial charge < -0.3 is 4.74 Å². The third kappa shape index (κ3) is 2.19. The summed E-state index contributed by atoms with van der Waals surface area (Å²) in [5, 5.41) is 0. The van der Waals surface area contributed by atoms with Crippen LogP contribution in [0.15, 0.2) is 29.1 Å². The summed E-state index contributed by atoms with van der Waals surface area (Å²) in [4.78, 5) is 16.8. The lowest BCUT2D eigenvalue weighted by Crippen LogP contribution is -2.28. The summed E-state index contributed by atoms with van der Waals surface area (Å²) in [6, 6.07) is 7.93. The van der Waals surface area contributed by atoms with Crippen molar-refractivity contribution >= 4 is 11.0 Å². The Kier molecular flexibility index (Phi) is 3.47. The average molecular weight is 272 g/mol. The van der Waals surface area contributed by atoms with Gasteiger partial charge in [-0.1, -0.05) is 31.4 Å². The summed E-state index contributed by atoms with van der Waals surface area (Å²) >= 11 is 0. The lowest BCUT2D eigenvalue weighted by molar-refractivity contribution is 0.255. The van der Waals surface area contributed by atoms with Crippen LogP contribution in [0.1, 0.15) is 38.6 Å². The smallest absolute Gasteiger partial charge is 0.314 e. The van der Waals surface area contributed by atoms with Crippen molar-refractivity contribution in [2.45, 2.75) is 38.6 Å². The van der Waals surface area contributed by atoms with Crippen LogP contribution in [0.3, 0.4) is 0 Å². The minimum Gasteiger partial charge on any atom is -0.477 e. The van der Waals surface area contributed by atoms with Crippen LogP contribution in [-0.2, 0) is 0 Å². The number of ether oxygens (including phenoxy) is 1. The molecule has 1 fully saturated rings. The molecule has 1 aromatic heterocycles. The Hall–Kier alpha value is -1.84. The van der Waals surface area contributed by atoms with Gasteiger partial charge >= 0.3 is 5.56 Å². The van der Waals surface area contributed by atoms with E-state index in [0.29, 0.717) is 0 Å². The highest BCUT2D eigenvalue weighted by Gasteiger charge is 2.23. The molecule has 0 saturated heterocycles. The highest BCUT2D eigenvalue weighted by atomic mass is 16.5. The second kappa shape index (κ2) is 5.27. The van der Waals surface area contributed by atoms with E-state index >= 15 is 0 Å². The molecular weight excluding hydrogens is 252 g/mol. The zero-order valence-corrected chi connectivity index (χ0v) is 12.0. The summed E-state index contributed by atoms with van der Waals surface area (Å²) < 4.78 is 6.99. The van der Waals surface area contributed by atoms with Gasteiger partial charge in [0.25, 0.3) is 5.88 Å². The second-order valence-corrected chi connectivity index (χ2v) is 5.67. The fourth-order valence-electron chi connectivity index (χ4n) is 3.02. The van der Waals surface area contributed by atoms with E-state index < -0.39 is 0 Å². The molecule has 1 saturated carbocycles. The van der Waals surface area contributed by atoms with Crippen LogP contribution < -0.4 is 10.3 Å². The maximum atomic E-state index is 12.5. The molecule has 1 aromatic carbocycles. The Morgan fingerprint density at radius 3 is 2.80 bits per heavy atom. The second-order valence-electron chi connectivity index (χ2n) is 5.67. The molecule has 0 aliphatic heterocycles. The topological polar surface area (TPSA) is 44.1 Å². The van der Waals surface area contributed by atoms with Gasteiger partial charge in [-0.25, -0.2) is 4.98 Å². The zero-order valence-electron chi connectivity index (χ0n) is 12.0. The number of benzene rings is 1. The molecule has 0 spiro atoms. The molecule has 4 nitrogen and oxygen atoms in total. The zero-order chi connectivity index (χ0) is 14.1. The van der Waals surface area contributed by atoms with E-state index in [0.717, 1.165) is 23.4 Å². The van der Waals surface area contributed by atoms with Gasteiger partial charge in [0.15, 0.2) is 0 Å². The molecule has 2 aromatic rings. The molecule has 1 atom stereocenters. The summed E-state index contributed by atoms with van der Waals surface area (Å²) in [7, 11) is 1.50. The van der Waals surface area contributed by atoms with Gasteiger partial charge in [0.1, 0.15) is 0 Å². The predicted molar refractivity (Wildman–Crippen MR) is 79.2 cm³/mol. The van der Waals surface area contributed by atoms with E-state index in [9.17, 15) is 4.79 Å². The number of para-hydroxylation sites is 2. The maximum Gasteiger partial charge on any atom is 0.314 e. The molecule has 106 valence electrons. The predicted octanol–water partition coefficient (Wildman–Crippen LogP) is 3.16. The maximum absolute atomic E-state index is 12.5. The van der Waals surface area contributed by atoms with E-state index in [1.54, 1.807) is 0 Å². The number of methoxy groups -OCH3 is 1. The largest absolute Gasteiger partial charge is 0.477 e. The lowest BCUT2D eigenvalue weighted by atomic mass is 9.81. The van der Waals surface area contributed by atoms with E-state index in [4.69, 9.17) is 4.74 Å². The Morgan fingerprint density at radius 1 is 1.40 bits per heavy atom. The van der Waals surface area contributed by atoms with Crippen molar-refractivity contribution in [3.63, 3.8) is 0 Å². The van der Waals surface area contributed by atoms with Crippen LogP contribution in [-0.4, -0.2) is 16.7 Å². The molecule has 0 bridgehead atoms. The van der Waals surface area contributed by atoms with Gasteiger partial charge in [-0.05, 0) is 31.4 Å². The fourth-order valence-corrected chi connectivity index (χ4v) is 3.02. The monoisotopic (exact) mass is 272 g/mol. The minimum atomic E-state index is -0.127. The van der Waals surface area contributed by atoms with Crippen molar-refractivity contribution in [2.75, 3.05) is 7.11 Å². The van der Waals surface area contributed by atoms with Gasteiger partial charge in [0.05, 0.1) is 18.1 Å². The van der Waals surface area contributed by atoms with Crippen LogP contribution in [0.25, 0.3) is 11.0 Å². The molecule has 0 unspecified atom stereocenters. The number of fused-ring (bicyclic) bond motifs is 1. The van der Waals surface area contributed by atoms with Gasteiger partial charge in [-0.3, -0.25) is 9.36 Å². The molecule has 0 amide bonds. The molecular formula is C16H20N2O2. The van der Waals surface area contributed by atoms with E-state index in [1.807, 2.05) is 28.8 Å². The van der Waals surface area contributed by atoms with Crippen molar-refractivity contribution in [3.05, 3.63) is 34.6 Å². The highest BCUT2D eigenvalue weighted by Crippen LogP contribution is 2.34. The number of nitrogens with zero attached hydrogens (tertiary/aromatic N) is 2. The third-order valence-electron chi connectivity index (χ3n) is 4.30. The number of hydrogen-bond acceptors (Lipinski definition) is 3. The van der Waals surface area contributed by atoms with Crippen molar-refractivity contribution in [1.29, 1.82) is 0 Å². The van der Waals surface area contributed by atoms with E-state index in [-0.39, 0.29) is 17.5 Å². The Bertz CT molecular complexity index is 674. The Labute approximate surface area is 118 Å². The van der Waals surface area contributed by atoms with Crippen molar-refractivity contribution in [1.82, 2.24) is 9.55 Å². The molecule has 1 aliphatic rings. The van der Waals surface area contributed by atoms with Gasteiger partial charge in [0.2, 0.25) is 0 Å². The minimum absolute atomic E-state index is 0.127. The van der Waals surface area contributed by atoms with E-state index in [1.165, 1.54) is 26.4 Å². The standard InChI is InChI=1S/C16H20N2O2/c1-11(10-12-6-5-7-12)18-14-9-4-3-8-13(14)17-15(20-2)16(18)19/h3-4,8-9,11-12H,5-7,10H2,1-2H3/t11-/m0/s1. The van der Waals surface area contributed by atoms with Gasteiger partial charge in [-0.15, -0.1) is 0 Å². The van der Waals surface area contributed by atoms with Crippen LogP contribution in [0.2, 0.25) is 0 Å². The fraction of sp³-hybridized carbons (Fsp3) is 0.500. The number of hydrogen-bond donors (Lipinski definition) is 0. The third-order valence-corrected chi connectivity index (χ3v) is 4.30. The summed E-state index contributed by atoms with van der Waals surface area (Å²) in [6.45, 7) is 2.12. The molecule has 4 heteroatoms. The molecule has 0 N–H and O–H groups in total. The Balaban J connectivity index is 2.10. The lowest BCUT2D eigenvalue weighted by Gasteiger charge is -2.29. The number of aromatic nitrogens is 2. The summed E-state index contributed by atoms with van der Waals surface area (Å²) in [5.41, 5.74) is 1.58. The van der Waals surface area contributed by atoms with Crippen molar-refractivity contribution < 1.29 is 4.74 Å². The quantitative estimate of drug-likeness (QED) is 0.858. The first-order valence-electron chi connectivity index (χ1n) is 7.26. The SMILES string of the molecule is COc1nc2ccccc2n([C@@H](C)CC2CCC2)c1=O. The molecule has 0 radical (unpaired) electrons. The Morgan fingerprint density at radius 2 is 2.15 bits per heavy atom. The normalized spacial score (nSPS) is 16.9. The summed E-state index contributed by atoms with van der Waals surface area (Å²) in [5.74, 6) is 0.944. The summed E-state index contributed by atoms with van der Waals surface area (Å²) in [6.07, 6.45) is 4.96. The molecule has 20 heavy (non-hydrogen) atoms. The van der Waals surface area contributed by atoms with Crippen LogP contribution in [0.4, 0.5) is 0 Å². The van der Waals surface area contributed by atoms with Crippen molar-refractivity contribution in [3.8, 4) is 5.88 Å². The molecule has 1 heterocycles. The van der Waals surface area contributed by atoms with E-state index in [2.05, 4.69) is 11.9 Å². The van der Waals surface area contributed by atoms with Crippen LogP contribution in [0, 0.1) is 5.92 Å². The van der Waals surface area contributed by atoms with Gasteiger partial charge in [0, 0.05) is 6.04 Å². The van der Waals surface area contributed by atoms with Gasteiger partial charge in [-0.2, -0.15) is 0 Å². The average Bonchev–Trinajstić information content (AvgIpc) is 2.42. The van der Waals surface area contributed by atoms with Crippen LogP contribution >= 0.6 is 0 Å². The first-order chi connectivity index (χ1) is 9.70. The highest BCUT2D eigenvalue weighted by molar-refractivity contribution is 5.75. The molecule has 1 aliphatic carbocycles. The number of rotatable bonds is 4. The van der Waals surface area contributed by atoms with Crippen molar-refractivity contribution in [2.24, 2.45) is 5.92 Å². The van der Waals surface area contributed by atoms with Crippen LogP contribution in [0.5, 0.6) is 5.88 Å². The molecule has 3 rings (SSSR count).